The molecule has 10 nitrogen and oxygen atoms in total. The maximum atomic E-state index is 10.7. The Hall–Kier alpha value is -14.2. The molecule has 20 rings (SSSR count). The Morgan fingerprint density at radius 3 is 1.21 bits per heavy atom. The molecule has 0 aliphatic carbocycles. The highest BCUT2D eigenvalue weighted by Gasteiger charge is 2.24. The quantitative estimate of drug-likeness (QED) is 0.162. The second-order valence-corrected chi connectivity index (χ2v) is 24.7. The molecule has 20 aromatic rings. The molecule has 0 radical (unpaired) electrons. The van der Waals surface area contributed by atoms with Crippen LogP contribution in [0.1, 0.15) is 22.3 Å². The maximum absolute atomic E-state index is 10.7. The van der Waals surface area contributed by atoms with Crippen LogP contribution in [-0.4, -0.2) is 18.3 Å². The largest absolute Gasteiger partial charge is 0.456 e. The van der Waals surface area contributed by atoms with E-state index in [2.05, 4.69) is 218 Å². The zero-order chi connectivity index (χ0) is 65.3. The van der Waals surface area contributed by atoms with Gasteiger partial charge in [-0.1, -0.05) is 170 Å². The number of hydrogen-bond donors (Lipinski definition) is 0. The van der Waals surface area contributed by atoms with E-state index in [0.29, 0.717) is 27.9 Å². The average Bonchev–Trinajstić information content (AvgIpc) is 1.58. The fourth-order valence-electron chi connectivity index (χ4n) is 15.4. The first-order chi connectivity index (χ1) is 48.5. The molecule has 10 heteroatoms. The van der Waals surface area contributed by atoms with E-state index >= 15 is 0 Å². The first kappa shape index (κ1) is 55.5. The molecule has 0 saturated carbocycles. The Labute approximate surface area is 558 Å². The highest BCUT2D eigenvalue weighted by atomic mass is 16.3. The number of furan rings is 2. The summed E-state index contributed by atoms with van der Waals surface area (Å²) >= 11 is 0. The fraction of sp³-hybridized carbons (Fsp3) is 0. The lowest BCUT2D eigenvalue weighted by Crippen LogP contribution is -2.01. The van der Waals surface area contributed by atoms with Crippen LogP contribution in [0.3, 0.4) is 0 Å². The van der Waals surface area contributed by atoms with Crippen molar-refractivity contribution < 1.29 is 8.83 Å². The molecular formula is C88H48N8O2. The Morgan fingerprint density at radius 1 is 0.255 bits per heavy atom. The van der Waals surface area contributed by atoms with Gasteiger partial charge in [-0.15, -0.1) is 0 Å². The smallest absolute Gasteiger partial charge is 0.145 e. The van der Waals surface area contributed by atoms with Crippen molar-refractivity contribution >= 4 is 131 Å². The van der Waals surface area contributed by atoms with Crippen LogP contribution in [0.15, 0.2) is 300 Å². The van der Waals surface area contributed by atoms with Crippen molar-refractivity contribution in [3.63, 3.8) is 0 Å². The molecular weight excluding hydrogens is 1200 g/mol. The van der Waals surface area contributed by atoms with E-state index in [0.717, 1.165) is 170 Å². The second kappa shape index (κ2) is 21.7. The number of rotatable bonds is 6. The molecule has 6 heterocycles. The van der Waals surface area contributed by atoms with Crippen molar-refractivity contribution in [3.8, 4) is 69.3 Å². The van der Waals surface area contributed by atoms with Gasteiger partial charge in [0, 0.05) is 87.4 Å². The Balaban J connectivity index is 0.000000137. The third-order valence-electron chi connectivity index (χ3n) is 19.6. The van der Waals surface area contributed by atoms with Crippen molar-refractivity contribution in [2.24, 2.45) is 0 Å². The van der Waals surface area contributed by atoms with E-state index in [9.17, 15) is 21.0 Å². The molecule has 98 heavy (non-hydrogen) atoms. The van der Waals surface area contributed by atoms with Crippen LogP contribution in [0.5, 0.6) is 0 Å². The number of para-hydroxylation sites is 8. The molecule has 0 N–H and O–H groups in total. The zero-order valence-corrected chi connectivity index (χ0v) is 52.1. The van der Waals surface area contributed by atoms with Crippen LogP contribution in [0.2, 0.25) is 0 Å². The first-order valence-corrected chi connectivity index (χ1v) is 32.3. The standard InChI is InChI=1S/2C44H24N4O/c45-25-27-23-35(36(26-46)41(24-27)48-37-13-5-1-9-30(37)31-10-2-6-14-38(31)48)28-17-19-29(20-18-28)47-39-15-7-3-12-34(39)43-40(47)22-21-33-32-11-4-8-16-42(32)49-44(33)43;45-25-28-23-30(48-37-13-5-1-9-31(37)32-10-2-6-14-38(32)48)24-35(36(28)26-46)27-17-19-29(20-18-27)47-39-15-7-3-11-33(39)43-40(47)21-22-42-44(43)34-12-4-8-16-41(34)49-42/h2*1-24H. The molecule has 0 saturated heterocycles. The van der Waals surface area contributed by atoms with Gasteiger partial charge in [0.15, 0.2) is 0 Å². The monoisotopic (exact) mass is 1250 g/mol. The number of hydrogen-bond acceptors (Lipinski definition) is 6. The summed E-state index contributed by atoms with van der Waals surface area (Å²) in [6, 6.07) is 108. The van der Waals surface area contributed by atoms with E-state index in [1.165, 1.54) is 0 Å². The number of fused-ring (bicyclic) bond motifs is 20. The summed E-state index contributed by atoms with van der Waals surface area (Å²) in [5, 5.41) is 54.8. The third kappa shape index (κ3) is 8.17. The van der Waals surface area contributed by atoms with Crippen molar-refractivity contribution in [2.45, 2.75) is 0 Å². The molecule has 0 aliphatic heterocycles. The number of nitrogens with zero attached hydrogens (tertiary/aromatic N) is 8. The normalized spacial score (nSPS) is 11.6. The molecule has 0 spiro atoms. The Bertz CT molecular complexity index is 6870. The topological polar surface area (TPSA) is 141 Å². The van der Waals surface area contributed by atoms with Crippen LogP contribution in [0.25, 0.3) is 176 Å². The van der Waals surface area contributed by atoms with Crippen LogP contribution in [0, 0.1) is 45.3 Å². The van der Waals surface area contributed by atoms with Gasteiger partial charge in [0.2, 0.25) is 0 Å². The predicted octanol–water partition coefficient (Wildman–Crippen LogP) is 22.4. The fourth-order valence-corrected chi connectivity index (χ4v) is 15.4. The van der Waals surface area contributed by atoms with Gasteiger partial charge in [-0.25, -0.2) is 0 Å². The van der Waals surface area contributed by atoms with E-state index in [-0.39, 0.29) is 0 Å². The summed E-state index contributed by atoms with van der Waals surface area (Å²) in [5.41, 5.74) is 20.3. The maximum Gasteiger partial charge on any atom is 0.145 e. The van der Waals surface area contributed by atoms with Gasteiger partial charge in [-0.3, -0.25) is 0 Å². The minimum absolute atomic E-state index is 0.347. The van der Waals surface area contributed by atoms with Gasteiger partial charge in [0.25, 0.3) is 0 Å². The predicted molar refractivity (Wildman–Crippen MR) is 395 cm³/mol. The summed E-state index contributed by atoms with van der Waals surface area (Å²) < 4.78 is 21.6. The van der Waals surface area contributed by atoms with E-state index in [1.54, 1.807) is 0 Å². The van der Waals surface area contributed by atoms with Gasteiger partial charge in [0.1, 0.15) is 40.5 Å². The summed E-state index contributed by atoms with van der Waals surface area (Å²) in [5.74, 6) is 0. The Morgan fingerprint density at radius 2 is 0.684 bits per heavy atom. The summed E-state index contributed by atoms with van der Waals surface area (Å²) in [6.45, 7) is 0. The lowest BCUT2D eigenvalue weighted by atomic mass is 9.95. The van der Waals surface area contributed by atoms with Gasteiger partial charge in [0.05, 0.1) is 83.5 Å². The van der Waals surface area contributed by atoms with Gasteiger partial charge in [-0.05, 0) is 132 Å². The molecule has 0 atom stereocenters. The van der Waals surface area contributed by atoms with Crippen molar-refractivity contribution in [1.82, 2.24) is 18.3 Å². The van der Waals surface area contributed by atoms with Gasteiger partial charge >= 0.3 is 0 Å². The van der Waals surface area contributed by atoms with Crippen molar-refractivity contribution in [3.05, 3.63) is 313 Å². The minimum atomic E-state index is 0.347. The lowest BCUT2D eigenvalue weighted by molar-refractivity contribution is 0.669. The average molecular weight is 1250 g/mol. The summed E-state index contributed by atoms with van der Waals surface area (Å²) in [4.78, 5) is 0. The zero-order valence-electron chi connectivity index (χ0n) is 52.1. The number of benzene rings is 14. The minimum Gasteiger partial charge on any atom is -0.456 e. The number of aromatic nitrogens is 4. The molecule has 0 unspecified atom stereocenters. The van der Waals surface area contributed by atoms with Crippen LogP contribution in [-0.2, 0) is 0 Å². The van der Waals surface area contributed by atoms with Gasteiger partial charge in [-0.2, -0.15) is 21.0 Å². The van der Waals surface area contributed by atoms with Crippen LogP contribution in [0.4, 0.5) is 0 Å². The summed E-state index contributed by atoms with van der Waals surface area (Å²) in [7, 11) is 0. The van der Waals surface area contributed by atoms with Crippen LogP contribution >= 0.6 is 0 Å². The van der Waals surface area contributed by atoms with Crippen molar-refractivity contribution in [1.29, 1.82) is 21.0 Å². The van der Waals surface area contributed by atoms with E-state index in [4.69, 9.17) is 8.83 Å². The molecule has 0 bridgehead atoms. The molecule has 452 valence electrons. The molecule has 6 aromatic heterocycles. The Kier molecular flexibility index (Phi) is 12.3. The lowest BCUT2D eigenvalue weighted by Gasteiger charge is -2.15. The van der Waals surface area contributed by atoms with Gasteiger partial charge < -0.3 is 27.1 Å². The van der Waals surface area contributed by atoms with Crippen LogP contribution < -0.4 is 0 Å². The highest BCUT2D eigenvalue weighted by molar-refractivity contribution is 6.28. The van der Waals surface area contributed by atoms with E-state index in [1.807, 2.05) is 115 Å². The SMILES string of the molecule is N#Cc1cc(-c2ccc(-n3c4ccccc4c4c5oc6ccccc6c5ccc43)cc2)c(C#N)c(-n2c3ccccc3c3ccccc32)c1.N#Cc1cc(-n2c3ccccc3c3ccccc32)cc(-c2ccc(-n3c4ccccc4c4c5c(ccc43)oc3ccccc35)cc2)c1C#N. The summed E-state index contributed by atoms with van der Waals surface area (Å²) in [6.07, 6.45) is 0. The molecule has 14 aromatic carbocycles. The highest BCUT2D eigenvalue weighted by Crippen LogP contribution is 2.45. The van der Waals surface area contributed by atoms with E-state index < -0.39 is 0 Å². The molecule has 0 fully saturated rings. The molecule has 0 amide bonds. The molecule has 0 aliphatic rings. The second-order valence-electron chi connectivity index (χ2n) is 24.7. The first-order valence-electron chi connectivity index (χ1n) is 32.3. The van der Waals surface area contributed by atoms with Crippen molar-refractivity contribution in [2.75, 3.05) is 0 Å². The third-order valence-corrected chi connectivity index (χ3v) is 19.6. The number of nitriles is 4.